The first-order valence-electron chi connectivity index (χ1n) is 3.60. The van der Waals surface area contributed by atoms with E-state index in [1.165, 1.54) is 0 Å². The van der Waals surface area contributed by atoms with E-state index >= 15 is 0 Å². The lowest BCUT2D eigenvalue weighted by atomic mass is 10.1. The van der Waals surface area contributed by atoms with Gasteiger partial charge in [0.15, 0.2) is 0 Å². The SMILES string of the molecule is C=CCc1cccc(C)c1F. The molecule has 1 aromatic rings. The molecule has 0 fully saturated rings. The minimum absolute atomic E-state index is 0.104. The van der Waals surface area contributed by atoms with Crippen LogP contribution in [0.2, 0.25) is 0 Å². The van der Waals surface area contributed by atoms with Crippen LogP contribution in [0.25, 0.3) is 0 Å². The van der Waals surface area contributed by atoms with Gasteiger partial charge < -0.3 is 0 Å². The average Bonchev–Trinajstić information content (AvgIpc) is 1.99. The molecule has 0 aliphatic heterocycles. The van der Waals surface area contributed by atoms with Gasteiger partial charge in [0.25, 0.3) is 0 Å². The number of hydrogen-bond acceptors (Lipinski definition) is 0. The molecule has 0 aliphatic carbocycles. The van der Waals surface area contributed by atoms with Crippen molar-refractivity contribution in [1.29, 1.82) is 0 Å². The van der Waals surface area contributed by atoms with E-state index in [4.69, 9.17) is 0 Å². The number of hydrogen-bond donors (Lipinski definition) is 0. The van der Waals surface area contributed by atoms with E-state index in [9.17, 15) is 4.39 Å². The first-order chi connectivity index (χ1) is 5.25. The summed E-state index contributed by atoms with van der Waals surface area (Å²) in [5, 5.41) is 0. The highest BCUT2D eigenvalue weighted by Crippen LogP contribution is 2.12. The highest BCUT2D eigenvalue weighted by molar-refractivity contribution is 5.26. The second-order valence-electron chi connectivity index (χ2n) is 2.54. The van der Waals surface area contributed by atoms with Crippen LogP contribution in [0.1, 0.15) is 11.1 Å². The Hall–Kier alpha value is -1.11. The van der Waals surface area contributed by atoms with Crippen molar-refractivity contribution in [2.75, 3.05) is 0 Å². The summed E-state index contributed by atoms with van der Waals surface area (Å²) in [7, 11) is 0. The molecule has 0 saturated heterocycles. The average molecular weight is 150 g/mol. The number of benzene rings is 1. The topological polar surface area (TPSA) is 0 Å². The molecule has 0 nitrogen and oxygen atoms in total. The van der Waals surface area contributed by atoms with Gasteiger partial charge >= 0.3 is 0 Å². The summed E-state index contributed by atoms with van der Waals surface area (Å²) < 4.78 is 13.1. The molecule has 58 valence electrons. The van der Waals surface area contributed by atoms with Gasteiger partial charge in [-0.25, -0.2) is 4.39 Å². The third kappa shape index (κ3) is 1.67. The van der Waals surface area contributed by atoms with Crippen LogP contribution in [0.5, 0.6) is 0 Å². The Morgan fingerprint density at radius 2 is 2.27 bits per heavy atom. The second kappa shape index (κ2) is 3.33. The zero-order valence-electron chi connectivity index (χ0n) is 6.60. The molecule has 0 saturated carbocycles. The lowest BCUT2D eigenvalue weighted by molar-refractivity contribution is 0.605. The molecular weight excluding hydrogens is 139 g/mol. The van der Waals surface area contributed by atoms with Crippen LogP contribution in [0.15, 0.2) is 30.9 Å². The highest BCUT2D eigenvalue weighted by atomic mass is 19.1. The van der Waals surface area contributed by atoms with Gasteiger partial charge in [0.05, 0.1) is 0 Å². The summed E-state index contributed by atoms with van der Waals surface area (Å²) in [4.78, 5) is 0. The van der Waals surface area contributed by atoms with Crippen LogP contribution in [0.3, 0.4) is 0 Å². The summed E-state index contributed by atoms with van der Waals surface area (Å²) in [6.07, 6.45) is 2.31. The Balaban J connectivity index is 3.05. The van der Waals surface area contributed by atoms with Crippen LogP contribution >= 0.6 is 0 Å². The number of aryl methyl sites for hydroxylation is 1. The van der Waals surface area contributed by atoms with Gasteiger partial charge in [-0.2, -0.15) is 0 Å². The maximum Gasteiger partial charge on any atom is 0.129 e. The molecular formula is C10H11F. The molecule has 0 bridgehead atoms. The summed E-state index contributed by atoms with van der Waals surface area (Å²) in [6, 6.07) is 5.41. The van der Waals surface area contributed by atoms with Crippen molar-refractivity contribution in [3.8, 4) is 0 Å². The predicted molar refractivity (Wildman–Crippen MR) is 45.0 cm³/mol. The fourth-order valence-corrected chi connectivity index (χ4v) is 1.02. The fraction of sp³-hybridized carbons (Fsp3) is 0.200. The molecule has 11 heavy (non-hydrogen) atoms. The van der Waals surface area contributed by atoms with Crippen LogP contribution in [-0.4, -0.2) is 0 Å². The van der Waals surface area contributed by atoms with Crippen LogP contribution in [0, 0.1) is 12.7 Å². The third-order valence-corrected chi connectivity index (χ3v) is 1.64. The molecule has 0 N–H and O–H groups in total. The maximum absolute atomic E-state index is 13.1. The normalized spacial score (nSPS) is 9.64. The molecule has 0 heterocycles. The fourth-order valence-electron chi connectivity index (χ4n) is 1.02. The number of rotatable bonds is 2. The van der Waals surface area contributed by atoms with Crippen molar-refractivity contribution >= 4 is 0 Å². The molecule has 0 atom stereocenters. The van der Waals surface area contributed by atoms with E-state index in [1.807, 2.05) is 6.07 Å². The lowest BCUT2D eigenvalue weighted by Crippen LogP contribution is -1.90. The first-order valence-corrected chi connectivity index (χ1v) is 3.60. The standard InChI is InChI=1S/C10H11F/c1-3-5-9-7-4-6-8(2)10(9)11/h3-4,6-7H,1,5H2,2H3. The Labute approximate surface area is 66.4 Å². The molecule has 0 aliphatic rings. The molecule has 1 rings (SSSR count). The Morgan fingerprint density at radius 1 is 1.55 bits per heavy atom. The van der Waals surface area contributed by atoms with E-state index in [-0.39, 0.29) is 5.82 Å². The predicted octanol–water partition coefficient (Wildman–Crippen LogP) is 2.86. The quantitative estimate of drug-likeness (QED) is 0.569. The van der Waals surface area contributed by atoms with E-state index in [0.29, 0.717) is 12.0 Å². The first kappa shape index (κ1) is 7.99. The summed E-state index contributed by atoms with van der Waals surface area (Å²) in [6.45, 7) is 5.33. The van der Waals surface area contributed by atoms with Crippen LogP contribution in [0.4, 0.5) is 4.39 Å². The van der Waals surface area contributed by atoms with E-state index < -0.39 is 0 Å². The monoisotopic (exact) mass is 150 g/mol. The molecule has 0 aromatic heterocycles. The molecule has 1 aromatic carbocycles. The molecule has 0 unspecified atom stereocenters. The number of halogens is 1. The Bertz CT molecular complexity index is 264. The van der Waals surface area contributed by atoms with Crippen molar-refractivity contribution in [1.82, 2.24) is 0 Å². The third-order valence-electron chi connectivity index (χ3n) is 1.64. The van der Waals surface area contributed by atoms with Gasteiger partial charge in [-0.15, -0.1) is 6.58 Å². The molecule has 1 heteroatoms. The second-order valence-corrected chi connectivity index (χ2v) is 2.54. The zero-order valence-corrected chi connectivity index (χ0v) is 6.60. The van der Waals surface area contributed by atoms with Crippen LogP contribution in [-0.2, 0) is 6.42 Å². The van der Waals surface area contributed by atoms with Crippen molar-refractivity contribution in [3.05, 3.63) is 47.8 Å². The van der Waals surface area contributed by atoms with E-state index in [0.717, 1.165) is 5.56 Å². The van der Waals surface area contributed by atoms with Gasteiger partial charge in [-0.1, -0.05) is 24.3 Å². The summed E-state index contributed by atoms with van der Waals surface area (Å²) >= 11 is 0. The lowest BCUT2D eigenvalue weighted by Gasteiger charge is -2.00. The van der Waals surface area contributed by atoms with Crippen molar-refractivity contribution < 1.29 is 4.39 Å². The van der Waals surface area contributed by atoms with Crippen molar-refractivity contribution in [3.63, 3.8) is 0 Å². The largest absolute Gasteiger partial charge is 0.206 e. The van der Waals surface area contributed by atoms with Crippen molar-refractivity contribution in [2.24, 2.45) is 0 Å². The smallest absolute Gasteiger partial charge is 0.129 e. The van der Waals surface area contributed by atoms with E-state index in [2.05, 4.69) is 6.58 Å². The zero-order chi connectivity index (χ0) is 8.27. The molecule has 0 amide bonds. The van der Waals surface area contributed by atoms with Gasteiger partial charge in [0.2, 0.25) is 0 Å². The highest BCUT2D eigenvalue weighted by Gasteiger charge is 2.00. The summed E-state index contributed by atoms with van der Waals surface area (Å²) in [5.41, 5.74) is 1.42. The summed E-state index contributed by atoms with van der Waals surface area (Å²) in [5.74, 6) is -0.104. The number of allylic oxidation sites excluding steroid dienone is 1. The Morgan fingerprint density at radius 3 is 2.91 bits per heavy atom. The van der Waals surface area contributed by atoms with Gasteiger partial charge in [-0.3, -0.25) is 0 Å². The maximum atomic E-state index is 13.1. The van der Waals surface area contributed by atoms with Crippen molar-refractivity contribution in [2.45, 2.75) is 13.3 Å². The minimum atomic E-state index is -0.104. The molecule has 0 radical (unpaired) electrons. The Kier molecular flexibility index (Phi) is 2.42. The van der Waals surface area contributed by atoms with Gasteiger partial charge in [0, 0.05) is 0 Å². The van der Waals surface area contributed by atoms with Gasteiger partial charge in [-0.05, 0) is 24.5 Å². The van der Waals surface area contributed by atoms with E-state index in [1.54, 1.807) is 25.1 Å². The molecule has 0 spiro atoms. The van der Waals surface area contributed by atoms with Crippen LogP contribution < -0.4 is 0 Å². The van der Waals surface area contributed by atoms with Gasteiger partial charge in [0.1, 0.15) is 5.82 Å². The minimum Gasteiger partial charge on any atom is -0.206 e.